The number of nitrogens with one attached hydrogen (secondary N) is 1. The number of aromatic amines is 1. The zero-order chi connectivity index (χ0) is 15.9. The van der Waals surface area contributed by atoms with Gasteiger partial charge in [-0.3, -0.25) is 5.10 Å². The van der Waals surface area contributed by atoms with Gasteiger partial charge in [0.05, 0.1) is 11.4 Å². The van der Waals surface area contributed by atoms with Gasteiger partial charge in [-0.15, -0.1) is 0 Å². The molecule has 0 atom stereocenters. The summed E-state index contributed by atoms with van der Waals surface area (Å²) in [6.45, 7) is 2.16. The second-order valence-corrected chi connectivity index (χ2v) is 6.54. The van der Waals surface area contributed by atoms with Crippen LogP contribution >= 0.6 is 0 Å². The highest BCUT2D eigenvalue weighted by Crippen LogP contribution is 2.33. The quantitative estimate of drug-likeness (QED) is 0.806. The predicted octanol–water partition coefficient (Wildman–Crippen LogP) is 3.23. The van der Waals surface area contributed by atoms with E-state index in [1.165, 1.54) is 29.7 Å². The van der Waals surface area contributed by atoms with E-state index >= 15 is 0 Å². The van der Waals surface area contributed by atoms with Gasteiger partial charge in [0.1, 0.15) is 0 Å². The average molecular weight is 317 g/mol. The normalized spacial score (nSPS) is 16.1. The van der Waals surface area contributed by atoms with Gasteiger partial charge in [-0.05, 0) is 37.3 Å². The molecule has 24 heavy (non-hydrogen) atoms. The molecule has 1 aromatic carbocycles. The van der Waals surface area contributed by atoms with Crippen molar-refractivity contribution in [2.45, 2.75) is 25.7 Å². The van der Waals surface area contributed by atoms with Crippen LogP contribution < -0.4 is 4.90 Å². The smallest absolute Gasteiger partial charge is 0.226 e. The number of aryl methyl sites for hydroxylation is 1. The molecule has 2 aromatic heterocycles. The summed E-state index contributed by atoms with van der Waals surface area (Å²) in [5, 5.41) is 7.03. The van der Waals surface area contributed by atoms with E-state index in [-0.39, 0.29) is 0 Å². The van der Waals surface area contributed by atoms with Crippen LogP contribution in [-0.2, 0) is 12.8 Å². The molecule has 0 bridgehead atoms. The molecule has 1 N–H and O–H groups in total. The Morgan fingerprint density at radius 1 is 0.875 bits per heavy atom. The highest BCUT2D eigenvalue weighted by molar-refractivity contribution is 5.70. The van der Waals surface area contributed by atoms with Gasteiger partial charge in [0.2, 0.25) is 5.95 Å². The molecule has 0 radical (unpaired) electrons. The number of nitrogens with zero attached hydrogens (tertiary/aromatic N) is 4. The summed E-state index contributed by atoms with van der Waals surface area (Å²) in [5.41, 5.74) is 7.07. The van der Waals surface area contributed by atoms with Crippen molar-refractivity contribution in [2.75, 3.05) is 18.0 Å². The molecule has 2 aliphatic rings. The molecule has 3 heterocycles. The molecule has 1 aliphatic heterocycles. The van der Waals surface area contributed by atoms with Crippen LogP contribution in [0.15, 0.2) is 36.5 Å². The van der Waals surface area contributed by atoms with Crippen LogP contribution in [0, 0.1) is 0 Å². The molecule has 5 heteroatoms. The highest BCUT2D eigenvalue weighted by atomic mass is 15.3. The van der Waals surface area contributed by atoms with Gasteiger partial charge in [0.15, 0.2) is 0 Å². The number of fused-ring (bicyclic) bond motifs is 1. The van der Waals surface area contributed by atoms with Crippen molar-refractivity contribution >= 4 is 5.95 Å². The van der Waals surface area contributed by atoms with Crippen LogP contribution in [0.4, 0.5) is 5.95 Å². The Balaban J connectivity index is 1.57. The van der Waals surface area contributed by atoms with E-state index in [4.69, 9.17) is 9.97 Å². The minimum atomic E-state index is 0.912. The summed E-state index contributed by atoms with van der Waals surface area (Å²) < 4.78 is 0. The zero-order valence-electron chi connectivity index (χ0n) is 13.5. The number of aromatic nitrogens is 4. The Morgan fingerprint density at radius 3 is 2.42 bits per heavy atom. The van der Waals surface area contributed by atoms with Gasteiger partial charge in [0.25, 0.3) is 0 Å². The number of hydrogen-bond donors (Lipinski definition) is 1. The molecule has 0 saturated carbocycles. The maximum atomic E-state index is 4.92. The molecule has 1 aliphatic carbocycles. The standard InChI is InChI=1S/C19H19N5/c1-3-15-17(4-1)21-19(24-11-2-12-24)22-18(15)14-7-5-13(6-8-14)16-9-10-20-23-16/h5-10H,1-4,11-12H2,(H,20,23). The summed E-state index contributed by atoms with van der Waals surface area (Å²) in [7, 11) is 0. The van der Waals surface area contributed by atoms with Gasteiger partial charge in [-0.2, -0.15) is 5.10 Å². The first kappa shape index (κ1) is 13.7. The fourth-order valence-corrected chi connectivity index (χ4v) is 3.54. The number of rotatable bonds is 3. The summed E-state index contributed by atoms with van der Waals surface area (Å²) in [4.78, 5) is 12.0. The average Bonchev–Trinajstić information content (AvgIpc) is 3.24. The van der Waals surface area contributed by atoms with E-state index in [1.807, 2.05) is 6.07 Å². The Bertz CT molecular complexity index is 864. The lowest BCUT2D eigenvalue weighted by atomic mass is 10.0. The Hall–Kier alpha value is -2.69. The summed E-state index contributed by atoms with van der Waals surface area (Å²) in [6, 6.07) is 10.6. The lowest BCUT2D eigenvalue weighted by Gasteiger charge is -2.31. The largest absolute Gasteiger partial charge is 0.341 e. The van der Waals surface area contributed by atoms with E-state index in [2.05, 4.69) is 39.4 Å². The fourth-order valence-electron chi connectivity index (χ4n) is 3.54. The SMILES string of the molecule is c1cc(-c2ccc(-c3nc(N4CCC4)nc4c3CCC4)cc2)[nH]n1. The first-order valence-corrected chi connectivity index (χ1v) is 8.63. The van der Waals surface area contributed by atoms with Crippen molar-refractivity contribution in [2.24, 2.45) is 0 Å². The monoisotopic (exact) mass is 317 g/mol. The Morgan fingerprint density at radius 2 is 1.71 bits per heavy atom. The first-order valence-electron chi connectivity index (χ1n) is 8.63. The van der Waals surface area contributed by atoms with Crippen molar-refractivity contribution in [1.82, 2.24) is 20.2 Å². The molecule has 0 amide bonds. The van der Waals surface area contributed by atoms with Crippen molar-refractivity contribution in [1.29, 1.82) is 0 Å². The van der Waals surface area contributed by atoms with Gasteiger partial charge < -0.3 is 4.90 Å². The van der Waals surface area contributed by atoms with E-state index in [9.17, 15) is 0 Å². The lowest BCUT2D eigenvalue weighted by molar-refractivity contribution is 0.599. The molecule has 1 saturated heterocycles. The molecule has 0 spiro atoms. The first-order chi connectivity index (χ1) is 11.9. The lowest BCUT2D eigenvalue weighted by Crippen LogP contribution is -2.38. The van der Waals surface area contributed by atoms with E-state index in [1.54, 1.807) is 6.20 Å². The van der Waals surface area contributed by atoms with Crippen LogP contribution in [0.3, 0.4) is 0 Å². The summed E-state index contributed by atoms with van der Waals surface area (Å²) in [6.07, 6.45) is 6.38. The van der Waals surface area contributed by atoms with E-state index in [0.29, 0.717) is 0 Å². The van der Waals surface area contributed by atoms with Gasteiger partial charge in [0, 0.05) is 36.1 Å². The van der Waals surface area contributed by atoms with Crippen LogP contribution in [0.1, 0.15) is 24.1 Å². The van der Waals surface area contributed by atoms with Crippen LogP contribution in [0.5, 0.6) is 0 Å². The van der Waals surface area contributed by atoms with Crippen LogP contribution in [0.25, 0.3) is 22.5 Å². The maximum Gasteiger partial charge on any atom is 0.226 e. The third-order valence-corrected chi connectivity index (χ3v) is 5.03. The third-order valence-electron chi connectivity index (χ3n) is 5.03. The number of anilines is 1. The summed E-state index contributed by atoms with van der Waals surface area (Å²) >= 11 is 0. The minimum Gasteiger partial charge on any atom is -0.341 e. The number of hydrogen-bond acceptors (Lipinski definition) is 4. The van der Waals surface area contributed by atoms with Crippen molar-refractivity contribution < 1.29 is 0 Å². The summed E-state index contributed by atoms with van der Waals surface area (Å²) in [5.74, 6) is 0.912. The second kappa shape index (κ2) is 5.44. The van der Waals surface area contributed by atoms with Gasteiger partial charge in [-0.25, -0.2) is 9.97 Å². The Kier molecular flexibility index (Phi) is 3.11. The van der Waals surface area contributed by atoms with E-state index in [0.717, 1.165) is 48.8 Å². The highest BCUT2D eigenvalue weighted by Gasteiger charge is 2.24. The Labute approximate surface area is 140 Å². The van der Waals surface area contributed by atoms with Gasteiger partial charge in [-0.1, -0.05) is 24.3 Å². The minimum absolute atomic E-state index is 0.912. The molecule has 1 fully saturated rings. The van der Waals surface area contributed by atoms with Crippen molar-refractivity contribution in [3.05, 3.63) is 47.8 Å². The second-order valence-electron chi connectivity index (χ2n) is 6.54. The topological polar surface area (TPSA) is 57.7 Å². The molecule has 5 nitrogen and oxygen atoms in total. The molecule has 0 unspecified atom stereocenters. The van der Waals surface area contributed by atoms with Crippen molar-refractivity contribution in [3.8, 4) is 22.5 Å². The van der Waals surface area contributed by atoms with Crippen LogP contribution in [0.2, 0.25) is 0 Å². The number of H-pyrrole nitrogens is 1. The molecular weight excluding hydrogens is 298 g/mol. The molecule has 120 valence electrons. The molecular formula is C19H19N5. The van der Waals surface area contributed by atoms with Crippen LogP contribution in [-0.4, -0.2) is 33.3 Å². The number of benzene rings is 1. The van der Waals surface area contributed by atoms with Crippen molar-refractivity contribution in [3.63, 3.8) is 0 Å². The predicted molar refractivity (Wildman–Crippen MR) is 93.9 cm³/mol. The molecule has 5 rings (SSSR count). The van der Waals surface area contributed by atoms with E-state index < -0.39 is 0 Å². The zero-order valence-corrected chi connectivity index (χ0v) is 13.5. The van der Waals surface area contributed by atoms with Gasteiger partial charge >= 0.3 is 0 Å². The third kappa shape index (κ3) is 2.19. The molecule has 3 aromatic rings. The fraction of sp³-hybridized carbons (Fsp3) is 0.316. The maximum absolute atomic E-state index is 4.92.